The molecule has 0 aliphatic carbocycles. The van der Waals surface area contributed by atoms with Crippen LogP contribution in [-0.4, -0.2) is 43.9 Å². The van der Waals surface area contributed by atoms with Gasteiger partial charge in [0.05, 0.1) is 23.6 Å². The van der Waals surface area contributed by atoms with Crippen molar-refractivity contribution >= 4 is 16.9 Å². The topological polar surface area (TPSA) is 71.1 Å². The minimum atomic E-state index is 0.119. The number of ether oxygens (including phenoxy) is 1. The molecule has 2 saturated heterocycles. The number of carbonyl (C=O) groups is 1. The van der Waals surface area contributed by atoms with Crippen LogP contribution in [0.25, 0.3) is 11.0 Å². The number of hydrogen-bond donors (Lipinski definition) is 1. The van der Waals surface area contributed by atoms with E-state index in [1.807, 2.05) is 30.3 Å². The number of hydrogen-bond acceptors (Lipinski definition) is 4. The van der Waals surface area contributed by atoms with Crippen LogP contribution in [0.3, 0.4) is 0 Å². The van der Waals surface area contributed by atoms with Crippen LogP contribution in [0.2, 0.25) is 0 Å². The number of benzene rings is 1. The Morgan fingerprint density at radius 1 is 1.19 bits per heavy atom. The summed E-state index contributed by atoms with van der Waals surface area (Å²) in [6, 6.07) is 10.0. The normalized spacial score (nSPS) is 24.8. The standard InChI is InChI=1S/C20H20N4O2/c25-20(13-3-6-18-19(8-13)23-12-22-18)24-14-4-5-15(24)10-17(9-14)26-16-2-1-7-21-11-16/h1-3,6-8,11-12,14-15,17H,4-5,9-10H2,(H,22,23). The van der Waals surface area contributed by atoms with Crippen molar-refractivity contribution < 1.29 is 9.53 Å². The summed E-state index contributed by atoms with van der Waals surface area (Å²) in [6.07, 6.45) is 9.16. The molecule has 6 nitrogen and oxygen atoms in total. The van der Waals surface area contributed by atoms with Crippen LogP contribution in [0.4, 0.5) is 0 Å². The summed E-state index contributed by atoms with van der Waals surface area (Å²) < 4.78 is 6.10. The van der Waals surface area contributed by atoms with Gasteiger partial charge in [-0.05, 0) is 43.2 Å². The highest BCUT2D eigenvalue weighted by atomic mass is 16.5. The van der Waals surface area contributed by atoms with Gasteiger partial charge in [0.15, 0.2) is 0 Å². The second kappa shape index (κ2) is 6.12. The van der Waals surface area contributed by atoms with E-state index in [0.717, 1.165) is 48.0 Å². The van der Waals surface area contributed by atoms with Gasteiger partial charge in [-0.1, -0.05) is 0 Å². The number of nitrogens with one attached hydrogen (secondary N) is 1. The number of amides is 1. The summed E-state index contributed by atoms with van der Waals surface area (Å²) >= 11 is 0. The molecule has 0 saturated carbocycles. The van der Waals surface area contributed by atoms with Crippen molar-refractivity contribution in [3.05, 3.63) is 54.6 Å². The third-order valence-corrected chi connectivity index (χ3v) is 5.53. The zero-order valence-corrected chi connectivity index (χ0v) is 14.3. The fourth-order valence-electron chi connectivity index (χ4n) is 4.38. The first kappa shape index (κ1) is 15.4. The maximum absolute atomic E-state index is 13.1. The van der Waals surface area contributed by atoms with E-state index in [1.165, 1.54) is 0 Å². The maximum Gasteiger partial charge on any atom is 0.254 e. The molecular weight excluding hydrogens is 328 g/mol. The van der Waals surface area contributed by atoms with Gasteiger partial charge in [-0.25, -0.2) is 4.98 Å². The third kappa shape index (κ3) is 2.62. The molecule has 0 spiro atoms. The average Bonchev–Trinajstić information content (AvgIpc) is 3.24. The van der Waals surface area contributed by atoms with Crippen molar-refractivity contribution in [2.45, 2.75) is 43.9 Å². The Bertz CT molecular complexity index is 925. The van der Waals surface area contributed by atoms with E-state index in [9.17, 15) is 4.79 Å². The fraction of sp³-hybridized carbons (Fsp3) is 0.350. The van der Waals surface area contributed by atoms with Crippen molar-refractivity contribution in [3.8, 4) is 5.75 Å². The van der Waals surface area contributed by atoms with Crippen LogP contribution in [0, 0.1) is 0 Å². The molecule has 3 aromatic rings. The Hall–Kier alpha value is -2.89. The van der Waals surface area contributed by atoms with Gasteiger partial charge in [0.25, 0.3) is 5.91 Å². The van der Waals surface area contributed by atoms with Gasteiger partial charge in [0.1, 0.15) is 11.9 Å². The molecule has 2 aromatic heterocycles. The molecule has 1 amide bonds. The lowest BCUT2D eigenvalue weighted by atomic mass is 9.98. The van der Waals surface area contributed by atoms with Crippen LogP contribution < -0.4 is 4.74 Å². The molecule has 2 atom stereocenters. The summed E-state index contributed by atoms with van der Waals surface area (Å²) in [5.41, 5.74) is 2.51. The highest BCUT2D eigenvalue weighted by Gasteiger charge is 2.44. The quantitative estimate of drug-likeness (QED) is 0.789. The Labute approximate surface area is 151 Å². The number of H-pyrrole nitrogens is 1. The van der Waals surface area contributed by atoms with Crippen LogP contribution >= 0.6 is 0 Å². The first-order valence-corrected chi connectivity index (χ1v) is 9.10. The zero-order chi connectivity index (χ0) is 17.5. The van der Waals surface area contributed by atoms with Crippen molar-refractivity contribution in [2.75, 3.05) is 0 Å². The monoisotopic (exact) mass is 348 g/mol. The van der Waals surface area contributed by atoms with Gasteiger partial charge in [-0.3, -0.25) is 9.78 Å². The average molecular weight is 348 g/mol. The number of rotatable bonds is 3. The Kier molecular flexibility index (Phi) is 3.62. The number of imidazole rings is 1. The number of nitrogens with zero attached hydrogens (tertiary/aromatic N) is 3. The maximum atomic E-state index is 13.1. The molecule has 2 aliphatic heterocycles. The van der Waals surface area contributed by atoms with Gasteiger partial charge in [0, 0.05) is 36.7 Å². The molecule has 6 heteroatoms. The van der Waals surface area contributed by atoms with E-state index >= 15 is 0 Å². The molecule has 2 bridgehead atoms. The molecule has 2 aliphatic rings. The fourth-order valence-corrected chi connectivity index (χ4v) is 4.38. The summed E-state index contributed by atoms with van der Waals surface area (Å²) in [5, 5.41) is 0. The summed E-state index contributed by atoms with van der Waals surface area (Å²) in [7, 11) is 0. The van der Waals surface area contributed by atoms with Crippen LogP contribution in [-0.2, 0) is 0 Å². The first-order valence-electron chi connectivity index (χ1n) is 9.10. The van der Waals surface area contributed by atoms with Crippen LogP contribution in [0.1, 0.15) is 36.0 Å². The van der Waals surface area contributed by atoms with Crippen molar-refractivity contribution in [3.63, 3.8) is 0 Å². The van der Waals surface area contributed by atoms with Crippen molar-refractivity contribution in [2.24, 2.45) is 0 Å². The number of carbonyl (C=O) groups excluding carboxylic acids is 1. The Balaban J connectivity index is 1.34. The van der Waals surface area contributed by atoms with Crippen LogP contribution in [0.15, 0.2) is 49.1 Å². The minimum Gasteiger partial charge on any atom is -0.489 e. The molecule has 1 N–H and O–H groups in total. The van der Waals surface area contributed by atoms with Gasteiger partial charge in [0.2, 0.25) is 0 Å². The lowest BCUT2D eigenvalue weighted by molar-refractivity contribution is 0.0358. The molecule has 1 aromatic carbocycles. The minimum absolute atomic E-state index is 0.119. The number of piperidine rings is 1. The molecule has 26 heavy (non-hydrogen) atoms. The number of fused-ring (bicyclic) bond motifs is 3. The van der Waals surface area contributed by atoms with Gasteiger partial charge in [-0.2, -0.15) is 0 Å². The van der Waals surface area contributed by atoms with E-state index in [4.69, 9.17) is 4.74 Å². The molecule has 0 radical (unpaired) electrons. The van der Waals surface area contributed by atoms with Gasteiger partial charge in [-0.15, -0.1) is 0 Å². The molecule has 5 rings (SSSR count). The van der Waals surface area contributed by atoms with E-state index < -0.39 is 0 Å². The SMILES string of the molecule is O=C(c1ccc2nc[nH]c2c1)N1C2CCC1CC(Oc1cccnc1)C2. The van der Waals surface area contributed by atoms with E-state index in [2.05, 4.69) is 19.9 Å². The summed E-state index contributed by atoms with van der Waals surface area (Å²) in [5.74, 6) is 0.926. The predicted molar refractivity (Wildman–Crippen MR) is 97.0 cm³/mol. The van der Waals surface area contributed by atoms with Gasteiger partial charge < -0.3 is 14.6 Å². The molecule has 132 valence electrons. The lowest BCUT2D eigenvalue weighted by Gasteiger charge is -2.39. The van der Waals surface area contributed by atoms with E-state index in [-0.39, 0.29) is 24.1 Å². The third-order valence-electron chi connectivity index (χ3n) is 5.53. The lowest BCUT2D eigenvalue weighted by Crippen LogP contribution is -2.49. The largest absolute Gasteiger partial charge is 0.489 e. The predicted octanol–water partition coefficient (Wildman–Crippen LogP) is 3.17. The highest BCUT2D eigenvalue weighted by molar-refractivity contribution is 5.97. The van der Waals surface area contributed by atoms with Crippen molar-refractivity contribution in [1.82, 2.24) is 19.9 Å². The van der Waals surface area contributed by atoms with E-state index in [1.54, 1.807) is 18.7 Å². The number of aromatic amines is 1. The molecular formula is C20H20N4O2. The van der Waals surface area contributed by atoms with Crippen LogP contribution in [0.5, 0.6) is 5.75 Å². The van der Waals surface area contributed by atoms with Crippen molar-refractivity contribution in [1.29, 1.82) is 0 Å². The smallest absolute Gasteiger partial charge is 0.254 e. The second-order valence-corrected chi connectivity index (χ2v) is 7.13. The second-order valence-electron chi connectivity index (χ2n) is 7.13. The zero-order valence-electron chi connectivity index (χ0n) is 14.3. The molecule has 2 fully saturated rings. The Morgan fingerprint density at radius 2 is 2.04 bits per heavy atom. The first-order chi connectivity index (χ1) is 12.8. The molecule has 4 heterocycles. The highest BCUT2D eigenvalue weighted by Crippen LogP contribution is 2.38. The summed E-state index contributed by atoms with van der Waals surface area (Å²) in [6.45, 7) is 0. The van der Waals surface area contributed by atoms with E-state index in [0.29, 0.717) is 0 Å². The Morgan fingerprint density at radius 3 is 2.81 bits per heavy atom. The number of aromatic nitrogens is 3. The van der Waals surface area contributed by atoms with Gasteiger partial charge >= 0.3 is 0 Å². The summed E-state index contributed by atoms with van der Waals surface area (Å²) in [4.78, 5) is 26.6. The number of pyridine rings is 1. The molecule has 2 unspecified atom stereocenters.